The van der Waals surface area contributed by atoms with E-state index < -0.39 is 4.92 Å². The predicted octanol–water partition coefficient (Wildman–Crippen LogP) is 3.02. The second-order valence-electron chi connectivity index (χ2n) is 5.51. The van der Waals surface area contributed by atoms with Crippen LogP contribution in [0.25, 0.3) is 0 Å². The zero-order chi connectivity index (χ0) is 15.2. The van der Waals surface area contributed by atoms with Gasteiger partial charge in [-0.3, -0.25) is 10.1 Å². The van der Waals surface area contributed by atoms with Crippen LogP contribution in [0.2, 0.25) is 0 Å². The maximum atomic E-state index is 11.1. The summed E-state index contributed by atoms with van der Waals surface area (Å²) in [5, 5.41) is 14.2. The first-order valence-electron chi connectivity index (χ1n) is 7.42. The number of ether oxygens (including phenoxy) is 1. The van der Waals surface area contributed by atoms with Gasteiger partial charge in [-0.2, -0.15) is 4.98 Å². The molecule has 2 rings (SSSR count). The zero-order valence-corrected chi connectivity index (χ0v) is 12.5. The molecule has 0 unspecified atom stereocenters. The quantitative estimate of drug-likeness (QED) is 0.640. The van der Waals surface area contributed by atoms with Crippen LogP contribution in [0.1, 0.15) is 39.0 Å². The summed E-state index contributed by atoms with van der Waals surface area (Å²) >= 11 is 0. The molecule has 0 radical (unpaired) electrons. The van der Waals surface area contributed by atoms with Crippen LogP contribution in [0.5, 0.6) is 5.88 Å². The molecule has 1 fully saturated rings. The molecule has 0 aliphatic heterocycles. The summed E-state index contributed by atoms with van der Waals surface area (Å²) in [4.78, 5) is 18.4. The van der Waals surface area contributed by atoms with Crippen molar-refractivity contribution in [1.29, 1.82) is 0 Å². The van der Waals surface area contributed by atoms with Gasteiger partial charge < -0.3 is 10.1 Å². The van der Waals surface area contributed by atoms with E-state index in [0.29, 0.717) is 12.5 Å². The Hall–Kier alpha value is -1.92. The zero-order valence-electron chi connectivity index (χ0n) is 12.5. The van der Waals surface area contributed by atoms with Crippen molar-refractivity contribution in [2.45, 2.75) is 39.0 Å². The lowest BCUT2D eigenvalue weighted by atomic mass is 9.81. The third-order valence-corrected chi connectivity index (χ3v) is 4.27. The molecule has 0 amide bonds. The van der Waals surface area contributed by atoms with Crippen molar-refractivity contribution in [3.05, 3.63) is 16.4 Å². The minimum Gasteiger partial charge on any atom is -0.476 e. The molecular weight excluding hydrogens is 272 g/mol. The molecular formula is C14H22N4O3. The average molecular weight is 294 g/mol. The van der Waals surface area contributed by atoms with Gasteiger partial charge in [0, 0.05) is 6.54 Å². The molecule has 1 aliphatic carbocycles. The Morgan fingerprint density at radius 1 is 1.33 bits per heavy atom. The molecule has 0 spiro atoms. The highest BCUT2D eigenvalue weighted by Gasteiger charge is 2.25. The van der Waals surface area contributed by atoms with E-state index in [1.54, 1.807) is 0 Å². The van der Waals surface area contributed by atoms with Crippen LogP contribution in [0.15, 0.2) is 6.33 Å². The minimum absolute atomic E-state index is 0.00723. The molecule has 7 nitrogen and oxygen atoms in total. The highest BCUT2D eigenvalue weighted by atomic mass is 16.6. The van der Waals surface area contributed by atoms with Crippen molar-refractivity contribution in [1.82, 2.24) is 9.97 Å². The lowest BCUT2D eigenvalue weighted by Crippen LogP contribution is -2.21. The molecule has 0 bridgehead atoms. The standard InChI is InChI=1S/C14H22N4O3/c1-3-10-4-6-11(7-5-10)8-15-13-12(18(19)20)14(21-2)17-9-16-13/h9-11H,3-8H2,1-2H3,(H,15,16,17). The summed E-state index contributed by atoms with van der Waals surface area (Å²) in [5.41, 5.74) is -0.192. The number of anilines is 1. The Morgan fingerprint density at radius 2 is 2.00 bits per heavy atom. The van der Waals surface area contributed by atoms with Crippen LogP contribution in [-0.4, -0.2) is 28.5 Å². The van der Waals surface area contributed by atoms with Gasteiger partial charge in [0.05, 0.1) is 12.0 Å². The maximum absolute atomic E-state index is 11.1. The summed E-state index contributed by atoms with van der Waals surface area (Å²) < 4.78 is 4.93. The molecule has 1 N–H and O–H groups in total. The summed E-state index contributed by atoms with van der Waals surface area (Å²) in [5.74, 6) is 1.62. The van der Waals surface area contributed by atoms with Crippen LogP contribution < -0.4 is 10.1 Å². The molecule has 1 heterocycles. The number of nitro groups is 1. The normalized spacial score (nSPS) is 21.8. The van der Waals surface area contributed by atoms with Crippen molar-refractivity contribution in [3.63, 3.8) is 0 Å². The summed E-state index contributed by atoms with van der Waals surface area (Å²) in [6.45, 7) is 2.94. The molecule has 1 aromatic rings. The van der Waals surface area contributed by atoms with Crippen LogP contribution >= 0.6 is 0 Å². The number of aromatic nitrogens is 2. The van der Waals surface area contributed by atoms with E-state index in [1.165, 1.54) is 45.5 Å². The van der Waals surface area contributed by atoms with Crippen molar-refractivity contribution >= 4 is 11.5 Å². The molecule has 0 aromatic carbocycles. The van der Waals surface area contributed by atoms with Crippen molar-refractivity contribution in [2.75, 3.05) is 19.0 Å². The number of methoxy groups -OCH3 is 1. The van der Waals surface area contributed by atoms with Gasteiger partial charge in [-0.25, -0.2) is 4.98 Å². The SMILES string of the molecule is CCC1CCC(CNc2ncnc(OC)c2[N+](=O)[O-])CC1. The Morgan fingerprint density at radius 3 is 2.57 bits per heavy atom. The Kier molecular flexibility index (Phi) is 5.30. The van der Waals surface area contributed by atoms with Gasteiger partial charge in [-0.15, -0.1) is 0 Å². The van der Waals surface area contributed by atoms with E-state index in [2.05, 4.69) is 22.2 Å². The van der Waals surface area contributed by atoms with E-state index in [-0.39, 0.29) is 17.4 Å². The Balaban J connectivity index is 1.99. The maximum Gasteiger partial charge on any atom is 0.372 e. The van der Waals surface area contributed by atoms with Crippen molar-refractivity contribution in [2.24, 2.45) is 11.8 Å². The Bertz CT molecular complexity index is 487. The average Bonchev–Trinajstić information content (AvgIpc) is 2.52. The second-order valence-corrected chi connectivity index (χ2v) is 5.51. The number of rotatable bonds is 6. The van der Waals surface area contributed by atoms with E-state index in [1.807, 2.05) is 0 Å². The third-order valence-electron chi connectivity index (χ3n) is 4.27. The fourth-order valence-corrected chi connectivity index (χ4v) is 2.89. The van der Waals surface area contributed by atoms with Gasteiger partial charge in [0.2, 0.25) is 5.82 Å². The van der Waals surface area contributed by atoms with Crippen LogP contribution in [0, 0.1) is 22.0 Å². The predicted molar refractivity (Wildman–Crippen MR) is 79.5 cm³/mol. The molecule has 7 heteroatoms. The molecule has 1 saturated carbocycles. The molecule has 1 aliphatic rings. The summed E-state index contributed by atoms with van der Waals surface area (Å²) in [6.07, 6.45) is 7.36. The van der Waals surface area contributed by atoms with Gasteiger partial charge in [0.1, 0.15) is 6.33 Å². The highest BCUT2D eigenvalue weighted by Crippen LogP contribution is 2.33. The molecule has 0 saturated heterocycles. The molecule has 116 valence electrons. The number of nitrogens with zero attached hydrogens (tertiary/aromatic N) is 3. The lowest BCUT2D eigenvalue weighted by Gasteiger charge is -2.27. The Labute approximate surface area is 124 Å². The van der Waals surface area contributed by atoms with Gasteiger partial charge in [0.25, 0.3) is 5.88 Å². The minimum atomic E-state index is -0.505. The van der Waals surface area contributed by atoms with Crippen LogP contribution in [-0.2, 0) is 0 Å². The summed E-state index contributed by atoms with van der Waals surface area (Å²) in [6, 6.07) is 0. The first kappa shape index (κ1) is 15.5. The molecule has 0 atom stereocenters. The smallest absolute Gasteiger partial charge is 0.372 e. The first-order valence-corrected chi connectivity index (χ1v) is 7.42. The van der Waals surface area contributed by atoms with Gasteiger partial charge in [-0.1, -0.05) is 26.2 Å². The van der Waals surface area contributed by atoms with Crippen LogP contribution in [0.4, 0.5) is 11.5 Å². The molecule has 1 aromatic heterocycles. The summed E-state index contributed by atoms with van der Waals surface area (Å²) in [7, 11) is 1.37. The van der Waals surface area contributed by atoms with Crippen LogP contribution in [0.3, 0.4) is 0 Å². The fraction of sp³-hybridized carbons (Fsp3) is 0.714. The number of hydrogen-bond acceptors (Lipinski definition) is 6. The molecule has 21 heavy (non-hydrogen) atoms. The van der Waals surface area contributed by atoms with Gasteiger partial charge in [-0.05, 0) is 24.7 Å². The number of nitrogens with one attached hydrogen (secondary N) is 1. The van der Waals surface area contributed by atoms with Gasteiger partial charge >= 0.3 is 5.69 Å². The van der Waals surface area contributed by atoms with Gasteiger partial charge in [0.15, 0.2) is 0 Å². The van der Waals surface area contributed by atoms with Crippen molar-refractivity contribution < 1.29 is 9.66 Å². The topological polar surface area (TPSA) is 90.2 Å². The largest absolute Gasteiger partial charge is 0.476 e. The highest BCUT2D eigenvalue weighted by molar-refractivity contribution is 5.61. The van der Waals surface area contributed by atoms with E-state index in [4.69, 9.17) is 4.74 Å². The third kappa shape index (κ3) is 3.80. The first-order chi connectivity index (χ1) is 10.2. The monoisotopic (exact) mass is 294 g/mol. The van der Waals surface area contributed by atoms with E-state index in [0.717, 1.165) is 5.92 Å². The second kappa shape index (κ2) is 7.19. The van der Waals surface area contributed by atoms with E-state index >= 15 is 0 Å². The number of hydrogen-bond donors (Lipinski definition) is 1. The van der Waals surface area contributed by atoms with E-state index in [9.17, 15) is 10.1 Å². The fourth-order valence-electron chi connectivity index (χ4n) is 2.89. The lowest BCUT2D eigenvalue weighted by molar-refractivity contribution is -0.385. The van der Waals surface area contributed by atoms with Crippen molar-refractivity contribution in [3.8, 4) is 5.88 Å².